The highest BCUT2D eigenvalue weighted by Crippen LogP contribution is 2.28. The van der Waals surface area contributed by atoms with Gasteiger partial charge in [-0.2, -0.15) is 0 Å². The molecule has 1 aliphatic heterocycles. The van der Waals surface area contributed by atoms with Gasteiger partial charge in [0.1, 0.15) is 17.3 Å². The molecular weight excluding hydrogens is 338 g/mol. The first-order chi connectivity index (χ1) is 8.86. The average Bonchev–Trinajstić information content (AvgIpc) is 2.94. The maximum Gasteiger partial charge on any atom is 0.245 e. The normalized spacial score (nSPS) is 23.9. The maximum absolute atomic E-state index is 12.1. The van der Waals surface area contributed by atoms with Gasteiger partial charge in [0.25, 0.3) is 0 Å². The fraction of sp³-hybridized carbons (Fsp3) is 0.636. The monoisotopic (exact) mass is 353 g/mol. The van der Waals surface area contributed by atoms with Gasteiger partial charge in [0, 0.05) is 19.2 Å². The Kier molecular flexibility index (Phi) is 4.36. The first-order valence-corrected chi connectivity index (χ1v) is 8.17. The molecule has 1 fully saturated rings. The van der Waals surface area contributed by atoms with Crippen LogP contribution in [-0.2, 0) is 21.4 Å². The van der Waals surface area contributed by atoms with Crippen LogP contribution in [0.25, 0.3) is 0 Å². The van der Waals surface area contributed by atoms with Crippen LogP contribution in [0.15, 0.2) is 20.0 Å². The molecule has 19 heavy (non-hydrogen) atoms. The highest BCUT2D eigenvalue weighted by atomic mass is 79.9. The topological polar surface area (TPSA) is 88.8 Å². The summed E-state index contributed by atoms with van der Waals surface area (Å²) in [5.41, 5.74) is -0.455. The summed E-state index contributed by atoms with van der Waals surface area (Å²) in [4.78, 5) is -0.0156. The van der Waals surface area contributed by atoms with Crippen LogP contribution in [0.1, 0.15) is 25.5 Å². The largest absolute Gasteiger partial charge is 0.450 e. The molecule has 0 radical (unpaired) electrons. The molecule has 1 atom stereocenters. The van der Waals surface area contributed by atoms with Crippen LogP contribution in [0.5, 0.6) is 0 Å². The highest BCUT2D eigenvalue weighted by Gasteiger charge is 2.32. The SMILES string of the molecule is CC1(CNS(=O)(=O)c2cc(CO)oc2Br)CCCO1. The van der Waals surface area contributed by atoms with Crippen molar-refractivity contribution >= 4 is 26.0 Å². The van der Waals surface area contributed by atoms with Gasteiger partial charge in [-0.1, -0.05) is 0 Å². The first-order valence-electron chi connectivity index (χ1n) is 5.89. The lowest BCUT2D eigenvalue weighted by molar-refractivity contribution is 0.0250. The molecule has 2 rings (SSSR count). The molecule has 0 saturated carbocycles. The molecule has 0 amide bonds. The maximum atomic E-state index is 12.1. The standard InChI is InChI=1S/C11H16BrNO5S/c1-11(3-2-4-17-11)7-13-19(15,16)9-5-8(6-14)18-10(9)12/h5,13-14H,2-4,6-7H2,1H3. The quantitative estimate of drug-likeness (QED) is 0.834. The molecule has 1 aromatic rings. The number of halogens is 1. The minimum atomic E-state index is -3.69. The average molecular weight is 354 g/mol. The van der Waals surface area contributed by atoms with Crippen molar-refractivity contribution in [3.05, 3.63) is 16.5 Å². The van der Waals surface area contributed by atoms with Gasteiger partial charge in [-0.05, 0) is 35.7 Å². The van der Waals surface area contributed by atoms with E-state index in [2.05, 4.69) is 20.7 Å². The summed E-state index contributed by atoms with van der Waals surface area (Å²) >= 11 is 3.03. The van der Waals surface area contributed by atoms with Crippen molar-refractivity contribution in [2.75, 3.05) is 13.2 Å². The minimum absolute atomic E-state index is 0.0156. The summed E-state index contributed by atoms with van der Waals surface area (Å²) in [7, 11) is -3.69. The van der Waals surface area contributed by atoms with Crippen LogP contribution in [-0.4, -0.2) is 32.3 Å². The van der Waals surface area contributed by atoms with E-state index in [1.54, 1.807) is 0 Å². The van der Waals surface area contributed by atoms with Crippen molar-refractivity contribution in [1.29, 1.82) is 0 Å². The highest BCUT2D eigenvalue weighted by molar-refractivity contribution is 9.10. The molecule has 2 heterocycles. The molecule has 6 nitrogen and oxygen atoms in total. The molecule has 2 N–H and O–H groups in total. The Morgan fingerprint density at radius 2 is 2.32 bits per heavy atom. The van der Waals surface area contributed by atoms with E-state index >= 15 is 0 Å². The number of rotatable bonds is 5. The number of sulfonamides is 1. The van der Waals surface area contributed by atoms with Gasteiger partial charge >= 0.3 is 0 Å². The fourth-order valence-corrected chi connectivity index (χ4v) is 4.11. The second kappa shape index (κ2) is 5.53. The third kappa shape index (κ3) is 3.38. The van der Waals surface area contributed by atoms with Gasteiger partial charge in [-0.25, -0.2) is 13.1 Å². The lowest BCUT2D eigenvalue weighted by Gasteiger charge is -2.23. The van der Waals surface area contributed by atoms with E-state index in [1.165, 1.54) is 6.07 Å². The summed E-state index contributed by atoms with van der Waals surface area (Å²) in [5, 5.41) is 8.93. The van der Waals surface area contributed by atoms with E-state index in [4.69, 9.17) is 14.3 Å². The molecule has 1 aromatic heterocycles. The van der Waals surface area contributed by atoms with Crippen molar-refractivity contribution in [2.45, 2.75) is 36.9 Å². The zero-order valence-electron chi connectivity index (χ0n) is 10.5. The predicted octanol–water partition coefficient (Wildman–Crippen LogP) is 1.38. The van der Waals surface area contributed by atoms with Crippen molar-refractivity contribution in [3.8, 4) is 0 Å². The predicted molar refractivity (Wildman–Crippen MR) is 71.1 cm³/mol. The van der Waals surface area contributed by atoms with Crippen LogP contribution in [0.2, 0.25) is 0 Å². The summed E-state index contributed by atoms with van der Waals surface area (Å²) < 4.78 is 37.5. The number of nitrogens with one attached hydrogen (secondary N) is 1. The number of aliphatic hydroxyl groups excluding tert-OH is 1. The summed E-state index contributed by atoms with van der Waals surface area (Å²) in [6.07, 6.45) is 1.76. The Balaban J connectivity index is 2.11. The third-order valence-corrected chi connectivity index (χ3v) is 5.35. The van der Waals surface area contributed by atoms with E-state index in [1.807, 2.05) is 6.92 Å². The Morgan fingerprint density at radius 3 is 2.84 bits per heavy atom. The Labute approximate surface area is 120 Å². The van der Waals surface area contributed by atoms with Gasteiger partial charge in [-0.15, -0.1) is 0 Å². The molecule has 0 aromatic carbocycles. The zero-order chi connectivity index (χ0) is 14.1. The van der Waals surface area contributed by atoms with Crippen LogP contribution < -0.4 is 4.72 Å². The van der Waals surface area contributed by atoms with Crippen molar-refractivity contribution in [1.82, 2.24) is 4.72 Å². The molecule has 108 valence electrons. The molecule has 0 spiro atoms. The van der Waals surface area contributed by atoms with E-state index in [0.717, 1.165) is 12.8 Å². The number of hydrogen-bond donors (Lipinski definition) is 2. The molecule has 8 heteroatoms. The number of aliphatic hydroxyl groups is 1. The Morgan fingerprint density at radius 1 is 1.58 bits per heavy atom. The molecular formula is C11H16BrNO5S. The first kappa shape index (κ1) is 15.0. The summed E-state index contributed by atoms with van der Waals surface area (Å²) in [5.74, 6) is 0.190. The molecule has 1 aliphatic rings. The van der Waals surface area contributed by atoms with E-state index in [0.29, 0.717) is 6.61 Å². The van der Waals surface area contributed by atoms with Gasteiger partial charge in [0.05, 0.1) is 5.60 Å². The fourth-order valence-electron chi connectivity index (χ4n) is 1.96. The zero-order valence-corrected chi connectivity index (χ0v) is 12.9. The van der Waals surface area contributed by atoms with Gasteiger partial charge in [0.15, 0.2) is 4.67 Å². The number of ether oxygens (including phenoxy) is 1. The Bertz CT molecular complexity index is 547. The second-order valence-electron chi connectivity index (χ2n) is 4.74. The lowest BCUT2D eigenvalue weighted by atomic mass is 10.0. The lowest BCUT2D eigenvalue weighted by Crippen LogP contribution is -2.40. The van der Waals surface area contributed by atoms with Crippen LogP contribution in [0.4, 0.5) is 0 Å². The molecule has 0 bridgehead atoms. The smallest absolute Gasteiger partial charge is 0.245 e. The van der Waals surface area contributed by atoms with E-state index in [9.17, 15) is 8.42 Å². The molecule has 1 unspecified atom stereocenters. The number of furan rings is 1. The molecule has 1 saturated heterocycles. The third-order valence-electron chi connectivity index (χ3n) is 3.09. The van der Waals surface area contributed by atoms with Crippen molar-refractivity contribution in [3.63, 3.8) is 0 Å². The van der Waals surface area contributed by atoms with E-state index < -0.39 is 15.6 Å². The minimum Gasteiger partial charge on any atom is -0.450 e. The van der Waals surface area contributed by atoms with Crippen LogP contribution in [0, 0.1) is 0 Å². The molecule has 0 aliphatic carbocycles. The van der Waals surface area contributed by atoms with Gasteiger partial charge < -0.3 is 14.3 Å². The van der Waals surface area contributed by atoms with Crippen molar-refractivity contribution < 1.29 is 22.7 Å². The van der Waals surface area contributed by atoms with E-state index in [-0.39, 0.29) is 28.5 Å². The van der Waals surface area contributed by atoms with Gasteiger partial charge in [0.2, 0.25) is 10.0 Å². The summed E-state index contributed by atoms with van der Waals surface area (Å²) in [6, 6.07) is 1.30. The summed E-state index contributed by atoms with van der Waals surface area (Å²) in [6.45, 7) is 2.39. The second-order valence-corrected chi connectivity index (χ2v) is 7.19. The van der Waals surface area contributed by atoms with Crippen LogP contribution >= 0.6 is 15.9 Å². The number of hydrogen-bond acceptors (Lipinski definition) is 5. The van der Waals surface area contributed by atoms with Crippen molar-refractivity contribution in [2.24, 2.45) is 0 Å². The van der Waals surface area contributed by atoms with Gasteiger partial charge in [-0.3, -0.25) is 0 Å². The van der Waals surface area contributed by atoms with Crippen LogP contribution in [0.3, 0.4) is 0 Å². The Hall–Kier alpha value is -0.410.